The van der Waals surface area contributed by atoms with Gasteiger partial charge in [-0.05, 0) is 0 Å². The summed E-state index contributed by atoms with van der Waals surface area (Å²) in [5.74, 6) is 0.746. The Kier molecular flexibility index (Phi) is 4.29. The molecule has 0 aromatic carbocycles. The van der Waals surface area contributed by atoms with Crippen LogP contribution in [0.5, 0.6) is 11.8 Å². The highest BCUT2D eigenvalue weighted by Crippen LogP contribution is 2.26. The first kappa shape index (κ1) is 13.0. The number of rotatable bonds is 5. The number of nitrogens with zero attached hydrogens (tertiary/aromatic N) is 2. The second-order valence-electron chi connectivity index (χ2n) is 3.82. The van der Waals surface area contributed by atoms with Gasteiger partial charge in [-0.25, -0.2) is 4.98 Å². The normalized spacial score (nSPS) is 17.7. The van der Waals surface area contributed by atoms with E-state index in [1.807, 2.05) is 0 Å². The predicted octanol–water partition coefficient (Wildman–Crippen LogP) is 0.257. The minimum absolute atomic E-state index is 0.284. The van der Waals surface area contributed by atoms with Gasteiger partial charge in [0.25, 0.3) is 0 Å². The first-order valence-electron chi connectivity index (χ1n) is 5.68. The van der Waals surface area contributed by atoms with Crippen LogP contribution in [0.4, 0.5) is 0 Å². The van der Waals surface area contributed by atoms with Crippen molar-refractivity contribution >= 4 is 0 Å². The van der Waals surface area contributed by atoms with Crippen molar-refractivity contribution in [2.24, 2.45) is 5.73 Å². The SMILES string of the molecule is COc1cnc(C(N)CC2OCCO2)c(OC)n1. The average molecular weight is 255 g/mol. The van der Waals surface area contributed by atoms with Gasteiger partial charge in [-0.2, -0.15) is 4.98 Å². The maximum absolute atomic E-state index is 6.06. The minimum Gasteiger partial charge on any atom is -0.480 e. The van der Waals surface area contributed by atoms with E-state index in [-0.39, 0.29) is 12.3 Å². The molecule has 2 rings (SSSR count). The quantitative estimate of drug-likeness (QED) is 0.807. The summed E-state index contributed by atoms with van der Waals surface area (Å²) in [5.41, 5.74) is 6.63. The lowest BCUT2D eigenvalue weighted by molar-refractivity contribution is -0.0511. The van der Waals surface area contributed by atoms with E-state index >= 15 is 0 Å². The molecule has 2 heterocycles. The monoisotopic (exact) mass is 255 g/mol. The third-order valence-corrected chi connectivity index (χ3v) is 2.64. The molecule has 1 aliphatic heterocycles. The predicted molar refractivity (Wildman–Crippen MR) is 62.4 cm³/mol. The van der Waals surface area contributed by atoms with Crippen molar-refractivity contribution in [3.05, 3.63) is 11.9 Å². The summed E-state index contributed by atoms with van der Waals surface area (Å²) < 4.78 is 20.8. The zero-order chi connectivity index (χ0) is 13.0. The molecule has 2 N–H and O–H groups in total. The third kappa shape index (κ3) is 2.87. The van der Waals surface area contributed by atoms with Crippen LogP contribution in [0.1, 0.15) is 18.2 Å². The molecule has 1 aliphatic rings. The van der Waals surface area contributed by atoms with E-state index in [0.717, 1.165) is 0 Å². The number of methoxy groups -OCH3 is 2. The number of ether oxygens (including phenoxy) is 4. The van der Waals surface area contributed by atoms with Gasteiger partial charge in [0.15, 0.2) is 6.29 Å². The molecule has 0 radical (unpaired) electrons. The zero-order valence-electron chi connectivity index (χ0n) is 10.5. The van der Waals surface area contributed by atoms with Crippen molar-refractivity contribution in [2.45, 2.75) is 18.8 Å². The molecule has 100 valence electrons. The molecular formula is C11H17N3O4. The maximum Gasteiger partial charge on any atom is 0.240 e. The molecule has 0 bridgehead atoms. The Balaban J connectivity index is 2.10. The largest absolute Gasteiger partial charge is 0.480 e. The Hall–Kier alpha value is -1.44. The summed E-state index contributed by atoms with van der Waals surface area (Å²) in [6, 6.07) is -0.360. The summed E-state index contributed by atoms with van der Waals surface area (Å²) in [5, 5.41) is 0. The topological polar surface area (TPSA) is 88.7 Å². The van der Waals surface area contributed by atoms with Crippen LogP contribution in [0, 0.1) is 0 Å². The van der Waals surface area contributed by atoms with Crippen LogP contribution in [0.25, 0.3) is 0 Å². The van der Waals surface area contributed by atoms with E-state index < -0.39 is 0 Å². The molecule has 0 aliphatic carbocycles. The highest BCUT2D eigenvalue weighted by atomic mass is 16.7. The molecule has 0 amide bonds. The van der Waals surface area contributed by atoms with Gasteiger partial charge in [0.05, 0.1) is 39.7 Å². The Morgan fingerprint density at radius 1 is 1.39 bits per heavy atom. The first-order valence-corrected chi connectivity index (χ1v) is 5.68. The Labute approximate surface area is 105 Å². The van der Waals surface area contributed by atoms with E-state index in [1.54, 1.807) is 0 Å². The van der Waals surface area contributed by atoms with Gasteiger partial charge in [-0.1, -0.05) is 0 Å². The van der Waals surface area contributed by atoms with Crippen molar-refractivity contribution in [3.63, 3.8) is 0 Å². The smallest absolute Gasteiger partial charge is 0.240 e. The van der Waals surface area contributed by atoms with Crippen molar-refractivity contribution in [1.29, 1.82) is 0 Å². The van der Waals surface area contributed by atoms with E-state index in [0.29, 0.717) is 37.1 Å². The first-order chi connectivity index (χ1) is 8.74. The van der Waals surface area contributed by atoms with Crippen molar-refractivity contribution in [3.8, 4) is 11.8 Å². The zero-order valence-corrected chi connectivity index (χ0v) is 10.5. The average Bonchev–Trinajstić information content (AvgIpc) is 2.90. The molecule has 0 spiro atoms. The van der Waals surface area contributed by atoms with Crippen molar-refractivity contribution < 1.29 is 18.9 Å². The molecule has 1 aromatic heterocycles. The molecule has 1 saturated heterocycles. The summed E-state index contributed by atoms with van der Waals surface area (Å²) in [6.45, 7) is 1.20. The van der Waals surface area contributed by atoms with Crippen LogP contribution < -0.4 is 15.2 Å². The Morgan fingerprint density at radius 3 is 2.72 bits per heavy atom. The molecule has 0 saturated carbocycles. The van der Waals surface area contributed by atoms with Gasteiger partial charge in [0, 0.05) is 6.42 Å². The van der Waals surface area contributed by atoms with Gasteiger partial charge >= 0.3 is 0 Å². The fraction of sp³-hybridized carbons (Fsp3) is 0.636. The van der Waals surface area contributed by atoms with Crippen LogP contribution in [0.2, 0.25) is 0 Å². The summed E-state index contributed by atoms with van der Waals surface area (Å²) in [6.07, 6.45) is 1.74. The van der Waals surface area contributed by atoms with E-state index in [1.165, 1.54) is 20.4 Å². The minimum atomic E-state index is -0.360. The van der Waals surface area contributed by atoms with E-state index in [4.69, 9.17) is 24.7 Å². The lowest BCUT2D eigenvalue weighted by atomic mass is 10.1. The van der Waals surface area contributed by atoms with Crippen LogP contribution in [0.15, 0.2) is 6.20 Å². The number of nitrogens with two attached hydrogens (primary N) is 1. The maximum atomic E-state index is 6.06. The number of aromatic nitrogens is 2. The van der Waals surface area contributed by atoms with Crippen LogP contribution in [-0.2, 0) is 9.47 Å². The molecule has 1 aromatic rings. The fourth-order valence-corrected chi connectivity index (χ4v) is 1.73. The molecule has 18 heavy (non-hydrogen) atoms. The van der Waals surface area contributed by atoms with Crippen LogP contribution in [-0.4, -0.2) is 43.7 Å². The number of hydrogen-bond donors (Lipinski definition) is 1. The Bertz CT molecular complexity index is 396. The summed E-state index contributed by atoms with van der Waals surface area (Å²) in [4.78, 5) is 8.35. The lowest BCUT2D eigenvalue weighted by Crippen LogP contribution is -2.21. The summed E-state index contributed by atoms with van der Waals surface area (Å²) in [7, 11) is 3.03. The molecule has 1 unspecified atom stereocenters. The molecule has 7 heteroatoms. The highest BCUT2D eigenvalue weighted by molar-refractivity contribution is 5.25. The summed E-state index contributed by atoms with van der Waals surface area (Å²) >= 11 is 0. The van der Waals surface area contributed by atoms with Crippen molar-refractivity contribution in [1.82, 2.24) is 9.97 Å². The number of hydrogen-bond acceptors (Lipinski definition) is 7. The van der Waals surface area contributed by atoms with Gasteiger partial charge in [-0.15, -0.1) is 0 Å². The van der Waals surface area contributed by atoms with Crippen LogP contribution in [0.3, 0.4) is 0 Å². The second kappa shape index (κ2) is 5.94. The van der Waals surface area contributed by atoms with Gasteiger partial charge in [-0.3, -0.25) is 0 Å². The van der Waals surface area contributed by atoms with Gasteiger partial charge < -0.3 is 24.7 Å². The molecule has 1 atom stereocenters. The van der Waals surface area contributed by atoms with Gasteiger partial charge in [0.1, 0.15) is 5.69 Å². The fourth-order valence-electron chi connectivity index (χ4n) is 1.73. The van der Waals surface area contributed by atoms with Gasteiger partial charge in [0.2, 0.25) is 11.8 Å². The lowest BCUT2D eigenvalue weighted by Gasteiger charge is -2.17. The molecule has 1 fully saturated rings. The van der Waals surface area contributed by atoms with E-state index in [2.05, 4.69) is 9.97 Å². The second-order valence-corrected chi connectivity index (χ2v) is 3.82. The Morgan fingerprint density at radius 2 is 2.11 bits per heavy atom. The van der Waals surface area contributed by atoms with E-state index in [9.17, 15) is 0 Å². The van der Waals surface area contributed by atoms with Crippen molar-refractivity contribution in [2.75, 3.05) is 27.4 Å². The standard InChI is InChI=1S/C11H17N3O4/c1-15-8-6-13-10(11(14-8)16-2)7(12)5-9-17-3-4-18-9/h6-7,9H,3-5,12H2,1-2H3. The molecular weight excluding hydrogens is 238 g/mol. The van der Waals surface area contributed by atoms with Crippen LogP contribution >= 0.6 is 0 Å². The highest BCUT2D eigenvalue weighted by Gasteiger charge is 2.24. The third-order valence-electron chi connectivity index (χ3n) is 2.64. The molecule has 7 nitrogen and oxygen atoms in total.